The van der Waals surface area contributed by atoms with Crippen LogP contribution in [0.5, 0.6) is 0 Å². The van der Waals surface area contributed by atoms with Crippen molar-refractivity contribution in [2.45, 2.75) is 32.6 Å². The van der Waals surface area contributed by atoms with E-state index in [-0.39, 0.29) is 0 Å². The van der Waals surface area contributed by atoms with E-state index < -0.39 is 0 Å². The highest BCUT2D eigenvalue weighted by atomic mass is 15.1. The van der Waals surface area contributed by atoms with Crippen molar-refractivity contribution in [3.8, 4) is 0 Å². The highest BCUT2D eigenvalue weighted by molar-refractivity contribution is 5.33. The quantitative estimate of drug-likeness (QED) is 0.720. The van der Waals surface area contributed by atoms with E-state index in [0.29, 0.717) is 11.8 Å². The first-order valence-corrected chi connectivity index (χ1v) is 4.97. The lowest BCUT2D eigenvalue weighted by molar-refractivity contribution is 0.463. The number of hydrogen-bond donors (Lipinski definition) is 2. The van der Waals surface area contributed by atoms with Crippen molar-refractivity contribution in [3.05, 3.63) is 17.0 Å². The average molecular weight is 179 g/mol. The first kappa shape index (κ1) is 8.75. The van der Waals surface area contributed by atoms with Crippen molar-refractivity contribution in [2.24, 2.45) is 11.7 Å². The molecule has 2 rings (SSSR count). The molecule has 0 saturated heterocycles. The summed E-state index contributed by atoms with van der Waals surface area (Å²) in [5.41, 5.74) is 9.64. The van der Waals surface area contributed by atoms with Crippen LogP contribution in [0.2, 0.25) is 0 Å². The molecule has 0 fully saturated rings. The van der Waals surface area contributed by atoms with Gasteiger partial charge in [-0.05, 0) is 43.7 Å². The van der Waals surface area contributed by atoms with Crippen LogP contribution in [0.15, 0.2) is 0 Å². The predicted octanol–water partition coefficient (Wildman–Crippen LogP) is 1.34. The van der Waals surface area contributed by atoms with Crippen molar-refractivity contribution in [1.29, 1.82) is 0 Å². The van der Waals surface area contributed by atoms with Crippen LogP contribution in [0.25, 0.3) is 0 Å². The molecule has 13 heavy (non-hydrogen) atoms. The van der Waals surface area contributed by atoms with Crippen molar-refractivity contribution >= 4 is 0 Å². The van der Waals surface area contributed by atoms with E-state index in [0.717, 1.165) is 13.0 Å². The van der Waals surface area contributed by atoms with Crippen molar-refractivity contribution in [3.63, 3.8) is 0 Å². The number of nitrogens with two attached hydrogens (primary N) is 1. The zero-order valence-corrected chi connectivity index (χ0v) is 8.30. The molecule has 1 aromatic rings. The topological polar surface area (TPSA) is 54.7 Å². The zero-order chi connectivity index (χ0) is 9.42. The SMILES string of the molecule is Cc1[nH]nc2c1C(C(C)CN)CC2. The summed E-state index contributed by atoms with van der Waals surface area (Å²) in [5, 5.41) is 7.35. The van der Waals surface area contributed by atoms with Crippen molar-refractivity contribution in [1.82, 2.24) is 10.2 Å². The van der Waals surface area contributed by atoms with Gasteiger partial charge in [0.2, 0.25) is 0 Å². The van der Waals surface area contributed by atoms with Gasteiger partial charge in [-0.25, -0.2) is 0 Å². The molecule has 0 aromatic carbocycles. The summed E-state index contributed by atoms with van der Waals surface area (Å²) in [6, 6.07) is 0. The van der Waals surface area contributed by atoms with E-state index in [1.54, 1.807) is 0 Å². The number of rotatable bonds is 2. The van der Waals surface area contributed by atoms with Crippen molar-refractivity contribution < 1.29 is 0 Å². The number of nitrogens with zero attached hydrogens (tertiary/aromatic N) is 1. The maximum Gasteiger partial charge on any atom is 0.0660 e. The number of fused-ring (bicyclic) bond motifs is 1. The maximum absolute atomic E-state index is 5.70. The number of aromatic amines is 1. The van der Waals surface area contributed by atoms with Gasteiger partial charge in [-0.15, -0.1) is 0 Å². The molecule has 2 unspecified atom stereocenters. The fourth-order valence-corrected chi connectivity index (χ4v) is 2.34. The van der Waals surface area contributed by atoms with E-state index in [2.05, 4.69) is 24.0 Å². The van der Waals surface area contributed by atoms with Crippen LogP contribution in [0.4, 0.5) is 0 Å². The van der Waals surface area contributed by atoms with Crippen LogP contribution in [0.1, 0.15) is 36.2 Å². The van der Waals surface area contributed by atoms with Crippen molar-refractivity contribution in [2.75, 3.05) is 6.54 Å². The Labute approximate surface area is 78.7 Å². The molecule has 3 nitrogen and oxygen atoms in total. The Morgan fingerprint density at radius 3 is 3.15 bits per heavy atom. The molecule has 3 N–H and O–H groups in total. The summed E-state index contributed by atoms with van der Waals surface area (Å²) in [5.74, 6) is 1.22. The number of H-pyrrole nitrogens is 1. The molecule has 72 valence electrons. The summed E-state index contributed by atoms with van der Waals surface area (Å²) in [4.78, 5) is 0. The third-order valence-corrected chi connectivity index (χ3v) is 3.20. The van der Waals surface area contributed by atoms with Crippen LogP contribution in [0, 0.1) is 12.8 Å². The summed E-state index contributed by atoms with van der Waals surface area (Å²) in [6.45, 7) is 5.11. The largest absolute Gasteiger partial charge is 0.330 e. The normalized spacial score (nSPS) is 23.2. The van der Waals surface area contributed by atoms with Gasteiger partial charge in [0.1, 0.15) is 0 Å². The monoisotopic (exact) mass is 179 g/mol. The molecule has 0 aliphatic heterocycles. The average Bonchev–Trinajstić information content (AvgIpc) is 2.68. The molecule has 2 atom stereocenters. The van der Waals surface area contributed by atoms with Gasteiger partial charge in [-0.2, -0.15) is 5.10 Å². The molecular formula is C10H17N3. The predicted molar refractivity (Wildman–Crippen MR) is 52.6 cm³/mol. The summed E-state index contributed by atoms with van der Waals surface area (Å²) < 4.78 is 0. The first-order chi connectivity index (χ1) is 6.24. The molecule has 1 aromatic heterocycles. The van der Waals surface area contributed by atoms with Gasteiger partial charge in [-0.3, -0.25) is 5.10 Å². The Morgan fingerprint density at radius 2 is 2.46 bits per heavy atom. The molecule has 1 aliphatic carbocycles. The molecule has 1 aliphatic rings. The number of nitrogens with one attached hydrogen (secondary N) is 1. The lowest BCUT2D eigenvalue weighted by Gasteiger charge is -2.17. The second-order valence-electron chi connectivity index (χ2n) is 4.07. The highest BCUT2D eigenvalue weighted by Crippen LogP contribution is 2.38. The smallest absolute Gasteiger partial charge is 0.0660 e. The molecule has 0 bridgehead atoms. The summed E-state index contributed by atoms with van der Waals surface area (Å²) in [6.07, 6.45) is 2.35. The third kappa shape index (κ3) is 1.27. The summed E-state index contributed by atoms with van der Waals surface area (Å²) in [7, 11) is 0. The third-order valence-electron chi connectivity index (χ3n) is 3.20. The maximum atomic E-state index is 5.70. The van der Waals surface area contributed by atoms with Gasteiger partial charge in [0, 0.05) is 5.69 Å². The minimum atomic E-state index is 0.581. The van der Waals surface area contributed by atoms with Gasteiger partial charge in [0.05, 0.1) is 5.69 Å². The molecular weight excluding hydrogens is 162 g/mol. The minimum absolute atomic E-state index is 0.581. The van der Waals surface area contributed by atoms with Crippen LogP contribution in [-0.2, 0) is 6.42 Å². The van der Waals surface area contributed by atoms with Crippen LogP contribution in [-0.4, -0.2) is 16.7 Å². The molecule has 0 spiro atoms. The van der Waals surface area contributed by atoms with E-state index in [1.807, 2.05) is 0 Å². The van der Waals surface area contributed by atoms with Crippen LogP contribution < -0.4 is 5.73 Å². The Bertz CT molecular complexity index is 303. The lowest BCUT2D eigenvalue weighted by Crippen LogP contribution is -2.17. The highest BCUT2D eigenvalue weighted by Gasteiger charge is 2.30. The van der Waals surface area contributed by atoms with E-state index in [4.69, 9.17) is 5.73 Å². The van der Waals surface area contributed by atoms with Gasteiger partial charge in [0.15, 0.2) is 0 Å². The molecule has 3 heteroatoms. The van der Waals surface area contributed by atoms with Crippen LogP contribution in [0.3, 0.4) is 0 Å². The fraction of sp³-hybridized carbons (Fsp3) is 0.700. The Kier molecular flexibility index (Phi) is 2.12. The first-order valence-electron chi connectivity index (χ1n) is 4.97. The number of hydrogen-bond acceptors (Lipinski definition) is 2. The zero-order valence-electron chi connectivity index (χ0n) is 8.30. The number of aryl methyl sites for hydroxylation is 2. The van der Waals surface area contributed by atoms with E-state index in [9.17, 15) is 0 Å². The number of aromatic nitrogens is 2. The molecule has 1 heterocycles. The van der Waals surface area contributed by atoms with Gasteiger partial charge >= 0.3 is 0 Å². The Hall–Kier alpha value is -0.830. The van der Waals surface area contributed by atoms with Gasteiger partial charge in [0.25, 0.3) is 0 Å². The Balaban J connectivity index is 2.31. The van der Waals surface area contributed by atoms with Crippen LogP contribution >= 0.6 is 0 Å². The molecule has 0 saturated carbocycles. The second-order valence-corrected chi connectivity index (χ2v) is 4.07. The standard InChI is InChI=1S/C10H17N3/c1-6(5-11)8-3-4-9-10(8)7(2)12-13-9/h6,8H,3-5,11H2,1-2H3,(H,12,13). The fourth-order valence-electron chi connectivity index (χ4n) is 2.34. The summed E-state index contributed by atoms with van der Waals surface area (Å²) >= 11 is 0. The minimum Gasteiger partial charge on any atom is -0.330 e. The molecule has 0 amide bonds. The second kappa shape index (κ2) is 3.14. The van der Waals surface area contributed by atoms with E-state index >= 15 is 0 Å². The van der Waals surface area contributed by atoms with Gasteiger partial charge in [-0.1, -0.05) is 6.92 Å². The van der Waals surface area contributed by atoms with E-state index in [1.165, 1.54) is 23.4 Å². The van der Waals surface area contributed by atoms with Gasteiger partial charge < -0.3 is 5.73 Å². The lowest BCUT2D eigenvalue weighted by atomic mass is 9.89. The molecule has 0 radical (unpaired) electrons. The Morgan fingerprint density at radius 1 is 1.69 bits per heavy atom.